The molecule has 0 radical (unpaired) electrons. The lowest BCUT2D eigenvalue weighted by atomic mass is 9.81. The molecule has 2 aromatic rings. The Labute approximate surface area is 130 Å². The van der Waals surface area contributed by atoms with Crippen molar-refractivity contribution in [3.8, 4) is 0 Å². The van der Waals surface area contributed by atoms with Crippen LogP contribution in [0.3, 0.4) is 0 Å². The Morgan fingerprint density at radius 1 is 1.27 bits per heavy atom. The summed E-state index contributed by atoms with van der Waals surface area (Å²) >= 11 is 0. The van der Waals surface area contributed by atoms with Crippen molar-refractivity contribution in [1.29, 1.82) is 0 Å². The summed E-state index contributed by atoms with van der Waals surface area (Å²) in [5.41, 5.74) is 0.822. The van der Waals surface area contributed by atoms with Crippen molar-refractivity contribution < 1.29 is 8.42 Å². The van der Waals surface area contributed by atoms with Crippen molar-refractivity contribution in [1.82, 2.24) is 19.3 Å². The maximum atomic E-state index is 11.9. The third-order valence-electron chi connectivity index (χ3n) is 4.43. The zero-order valence-electron chi connectivity index (χ0n) is 13.0. The number of fused-ring (bicyclic) bond motifs is 1. The first kappa shape index (κ1) is 15.2. The number of sulfonamides is 1. The molecule has 0 aromatic carbocycles. The number of nitrogens with one attached hydrogen (secondary N) is 1. The van der Waals surface area contributed by atoms with Crippen LogP contribution in [0.5, 0.6) is 0 Å². The Balaban J connectivity index is 1.67. The van der Waals surface area contributed by atoms with Gasteiger partial charge in [0.1, 0.15) is 17.8 Å². The highest BCUT2D eigenvalue weighted by molar-refractivity contribution is 7.89. The summed E-state index contributed by atoms with van der Waals surface area (Å²) < 4.78 is 25.1. The number of H-pyrrole nitrogens is 1. The molecule has 22 heavy (non-hydrogen) atoms. The van der Waals surface area contributed by atoms with Crippen molar-refractivity contribution in [2.24, 2.45) is 5.92 Å². The van der Waals surface area contributed by atoms with Crippen molar-refractivity contribution in [2.45, 2.75) is 18.9 Å². The molecule has 2 aromatic heterocycles. The molecular weight excluding hydrogens is 302 g/mol. The Hall–Kier alpha value is -1.67. The predicted octanol–water partition coefficient (Wildman–Crippen LogP) is 1.06. The average Bonchev–Trinajstić information content (AvgIpc) is 2.89. The number of anilines is 1. The fraction of sp³-hybridized carbons (Fsp3) is 0.571. The van der Waals surface area contributed by atoms with Gasteiger partial charge in [0.2, 0.25) is 10.0 Å². The lowest BCUT2D eigenvalue weighted by Gasteiger charge is -2.42. The highest BCUT2D eigenvalue weighted by Crippen LogP contribution is 2.35. The molecule has 2 heterocycles. The van der Waals surface area contributed by atoms with Crippen molar-refractivity contribution in [3.05, 3.63) is 18.6 Å². The summed E-state index contributed by atoms with van der Waals surface area (Å²) in [5.74, 6) is 1.35. The van der Waals surface area contributed by atoms with Crippen molar-refractivity contribution >= 4 is 26.9 Å². The van der Waals surface area contributed by atoms with Crippen LogP contribution < -0.4 is 4.90 Å². The summed E-state index contributed by atoms with van der Waals surface area (Å²) in [4.78, 5) is 13.8. The van der Waals surface area contributed by atoms with E-state index in [2.05, 4.69) is 19.9 Å². The molecule has 8 heteroatoms. The van der Waals surface area contributed by atoms with E-state index >= 15 is 0 Å². The van der Waals surface area contributed by atoms with Gasteiger partial charge in [0, 0.05) is 33.4 Å². The molecule has 0 atom stereocenters. The highest BCUT2D eigenvalue weighted by Gasteiger charge is 2.36. The van der Waals surface area contributed by atoms with E-state index in [1.165, 1.54) is 4.31 Å². The smallest absolute Gasteiger partial charge is 0.213 e. The number of aromatic nitrogens is 3. The van der Waals surface area contributed by atoms with E-state index in [-0.39, 0.29) is 11.7 Å². The molecule has 120 valence electrons. The van der Waals surface area contributed by atoms with E-state index in [9.17, 15) is 8.42 Å². The first-order valence-corrected chi connectivity index (χ1v) is 8.90. The number of aromatic amines is 1. The van der Waals surface area contributed by atoms with Crippen LogP contribution in [0.1, 0.15) is 12.8 Å². The molecule has 1 fully saturated rings. The van der Waals surface area contributed by atoms with Gasteiger partial charge >= 0.3 is 0 Å². The largest absolute Gasteiger partial charge is 0.356 e. The van der Waals surface area contributed by atoms with E-state index in [1.54, 1.807) is 20.4 Å². The summed E-state index contributed by atoms with van der Waals surface area (Å²) in [7, 11) is 2.07. The fourth-order valence-corrected chi connectivity index (χ4v) is 4.08. The lowest BCUT2D eigenvalue weighted by molar-refractivity contribution is 0.280. The Bertz CT molecular complexity index is 764. The summed E-state index contributed by atoms with van der Waals surface area (Å²) in [6, 6.07) is 2.30. The van der Waals surface area contributed by atoms with Crippen LogP contribution in [0.4, 0.5) is 5.82 Å². The minimum atomic E-state index is -3.11. The SMILES string of the molecule is CN(c1ncnc2[nH]ccc12)C1CC(CS(=O)(=O)N(C)C)C1. The van der Waals surface area contributed by atoms with Gasteiger partial charge in [0.15, 0.2) is 0 Å². The zero-order chi connectivity index (χ0) is 15.9. The first-order chi connectivity index (χ1) is 10.4. The van der Waals surface area contributed by atoms with Crippen molar-refractivity contribution in [3.63, 3.8) is 0 Å². The molecule has 0 amide bonds. The summed E-state index contributed by atoms with van der Waals surface area (Å²) in [6.45, 7) is 0. The Kier molecular flexibility index (Phi) is 3.82. The molecule has 1 N–H and O–H groups in total. The Morgan fingerprint density at radius 3 is 2.68 bits per heavy atom. The van der Waals surface area contributed by atoms with Gasteiger partial charge in [-0.25, -0.2) is 22.7 Å². The predicted molar refractivity (Wildman–Crippen MR) is 86.3 cm³/mol. The summed E-state index contributed by atoms with van der Waals surface area (Å²) in [5, 5.41) is 0.995. The fourth-order valence-electron chi connectivity index (χ4n) is 2.91. The second-order valence-electron chi connectivity index (χ2n) is 6.10. The van der Waals surface area contributed by atoms with Crippen LogP contribution in [-0.2, 0) is 10.0 Å². The van der Waals surface area contributed by atoms with E-state index in [0.717, 1.165) is 29.7 Å². The second kappa shape index (κ2) is 5.51. The lowest BCUT2D eigenvalue weighted by Crippen LogP contribution is -2.46. The molecular formula is C14H21N5O2S. The van der Waals surface area contributed by atoms with Gasteiger partial charge in [-0.15, -0.1) is 0 Å². The number of hydrogen-bond acceptors (Lipinski definition) is 5. The van der Waals surface area contributed by atoms with Crippen LogP contribution in [0.15, 0.2) is 18.6 Å². The Morgan fingerprint density at radius 2 is 2.00 bits per heavy atom. The zero-order valence-corrected chi connectivity index (χ0v) is 13.8. The average molecular weight is 323 g/mol. The van der Waals surface area contributed by atoms with Crippen molar-refractivity contribution in [2.75, 3.05) is 31.8 Å². The van der Waals surface area contributed by atoms with Gasteiger partial charge < -0.3 is 9.88 Å². The maximum absolute atomic E-state index is 11.9. The molecule has 0 spiro atoms. The summed E-state index contributed by atoms with van der Waals surface area (Å²) in [6.07, 6.45) is 5.15. The van der Waals surface area contributed by atoms with Gasteiger partial charge in [-0.3, -0.25) is 0 Å². The minimum absolute atomic E-state index is 0.225. The number of rotatable bonds is 5. The molecule has 1 aliphatic carbocycles. The molecule has 0 saturated heterocycles. The topological polar surface area (TPSA) is 82.2 Å². The van der Waals surface area contributed by atoms with Crippen LogP contribution in [0.25, 0.3) is 11.0 Å². The highest BCUT2D eigenvalue weighted by atomic mass is 32.2. The monoisotopic (exact) mass is 323 g/mol. The minimum Gasteiger partial charge on any atom is -0.356 e. The molecule has 0 unspecified atom stereocenters. The molecule has 7 nitrogen and oxygen atoms in total. The van der Waals surface area contributed by atoms with E-state index in [1.807, 2.05) is 19.3 Å². The van der Waals surface area contributed by atoms with Crippen LogP contribution in [0, 0.1) is 5.92 Å². The van der Waals surface area contributed by atoms with Gasteiger partial charge in [-0.2, -0.15) is 0 Å². The van der Waals surface area contributed by atoms with Gasteiger partial charge in [0.05, 0.1) is 11.1 Å². The molecule has 3 rings (SSSR count). The molecule has 0 aliphatic heterocycles. The van der Waals surface area contributed by atoms with Crippen LogP contribution >= 0.6 is 0 Å². The molecule has 1 aliphatic rings. The number of hydrogen-bond donors (Lipinski definition) is 1. The normalized spacial score (nSPS) is 22.0. The molecule has 0 bridgehead atoms. The standard InChI is InChI=1S/C14H21N5O2S/c1-18(2)22(20,21)8-10-6-11(7-10)19(3)14-12-4-5-15-13(12)16-9-17-14/h4-5,9-11H,6-8H2,1-3H3,(H,15,16,17). The van der Waals surface area contributed by atoms with E-state index in [4.69, 9.17) is 0 Å². The third kappa shape index (κ3) is 2.68. The van der Waals surface area contributed by atoms with Gasteiger partial charge in [0.25, 0.3) is 0 Å². The van der Waals surface area contributed by atoms with Gasteiger partial charge in [-0.05, 0) is 24.8 Å². The molecule has 1 saturated carbocycles. The number of nitrogens with zero attached hydrogens (tertiary/aromatic N) is 4. The van der Waals surface area contributed by atoms with Crippen LogP contribution in [-0.4, -0.2) is 60.6 Å². The van der Waals surface area contributed by atoms with Crippen LogP contribution in [0.2, 0.25) is 0 Å². The first-order valence-electron chi connectivity index (χ1n) is 7.29. The third-order valence-corrected chi connectivity index (χ3v) is 6.43. The van der Waals surface area contributed by atoms with Gasteiger partial charge in [-0.1, -0.05) is 0 Å². The maximum Gasteiger partial charge on any atom is 0.213 e. The van der Waals surface area contributed by atoms with E-state index < -0.39 is 10.0 Å². The second-order valence-corrected chi connectivity index (χ2v) is 8.33. The quantitative estimate of drug-likeness (QED) is 0.890. The van der Waals surface area contributed by atoms with E-state index in [0.29, 0.717) is 6.04 Å².